The molecule has 1 unspecified atom stereocenters. The van der Waals surface area contributed by atoms with Crippen LogP contribution in [0.2, 0.25) is 0 Å². The Labute approximate surface area is 159 Å². The molecule has 1 heterocycles. The first-order valence-corrected chi connectivity index (χ1v) is 8.97. The Morgan fingerprint density at radius 3 is 2.52 bits per heavy atom. The Balaban J connectivity index is 1.52. The first-order chi connectivity index (χ1) is 13.2. The van der Waals surface area contributed by atoms with Gasteiger partial charge < -0.3 is 23.8 Å². The average Bonchev–Trinajstić information content (AvgIpc) is 2.73. The van der Waals surface area contributed by atoms with E-state index in [9.17, 15) is 4.79 Å². The van der Waals surface area contributed by atoms with Crippen molar-refractivity contribution in [3.05, 3.63) is 54.1 Å². The summed E-state index contributed by atoms with van der Waals surface area (Å²) in [6, 6.07) is 15.1. The number of benzene rings is 2. The third-order valence-electron chi connectivity index (χ3n) is 4.50. The highest BCUT2D eigenvalue weighted by molar-refractivity contribution is 5.79. The van der Waals surface area contributed by atoms with Crippen LogP contribution in [0.15, 0.2) is 48.5 Å². The van der Waals surface area contributed by atoms with Crippen molar-refractivity contribution in [3.8, 4) is 17.2 Å². The molecule has 1 amide bonds. The molecule has 2 aromatic carbocycles. The van der Waals surface area contributed by atoms with Gasteiger partial charge in [-0.15, -0.1) is 0 Å². The van der Waals surface area contributed by atoms with E-state index in [-0.39, 0.29) is 12.0 Å². The predicted molar refractivity (Wildman–Crippen MR) is 102 cm³/mol. The summed E-state index contributed by atoms with van der Waals surface area (Å²) in [4.78, 5) is 14.5. The van der Waals surface area contributed by atoms with Gasteiger partial charge in [0.05, 0.1) is 33.8 Å². The summed E-state index contributed by atoms with van der Waals surface area (Å²) >= 11 is 0. The van der Waals surface area contributed by atoms with Gasteiger partial charge in [-0.2, -0.15) is 0 Å². The summed E-state index contributed by atoms with van der Waals surface area (Å²) in [5.41, 5.74) is 0.967. The van der Waals surface area contributed by atoms with Gasteiger partial charge in [0.25, 0.3) is 0 Å². The molecular weight excluding hydrogens is 346 g/mol. The van der Waals surface area contributed by atoms with Crippen LogP contribution in [0, 0.1) is 0 Å². The summed E-state index contributed by atoms with van der Waals surface area (Å²) < 4.78 is 22.0. The standard InChI is InChI=1S/C21H25NO5/c1-24-17-9-7-16(8-10-17)13-21(23)22-11-12-26-18(14-22)15-27-20-6-4-3-5-19(20)25-2/h3-10,18H,11-15H2,1-2H3. The van der Waals surface area contributed by atoms with Gasteiger partial charge in [0, 0.05) is 6.54 Å². The van der Waals surface area contributed by atoms with E-state index in [1.165, 1.54) is 0 Å². The van der Waals surface area contributed by atoms with Gasteiger partial charge in [0.1, 0.15) is 18.5 Å². The zero-order valence-electron chi connectivity index (χ0n) is 15.7. The fourth-order valence-electron chi connectivity index (χ4n) is 3.00. The summed E-state index contributed by atoms with van der Waals surface area (Å²) in [5.74, 6) is 2.22. The van der Waals surface area contributed by atoms with Gasteiger partial charge in [-0.3, -0.25) is 4.79 Å². The summed E-state index contributed by atoms with van der Waals surface area (Å²) in [7, 11) is 3.24. The number of carbonyl (C=O) groups excluding carboxylic acids is 1. The topological polar surface area (TPSA) is 57.2 Å². The molecule has 0 radical (unpaired) electrons. The monoisotopic (exact) mass is 371 g/mol. The van der Waals surface area contributed by atoms with Crippen molar-refractivity contribution >= 4 is 5.91 Å². The maximum Gasteiger partial charge on any atom is 0.227 e. The molecule has 1 aliphatic rings. The molecule has 2 aromatic rings. The second kappa shape index (κ2) is 9.28. The number of amides is 1. The lowest BCUT2D eigenvalue weighted by Crippen LogP contribution is -2.48. The van der Waals surface area contributed by atoms with E-state index in [1.807, 2.05) is 53.4 Å². The molecule has 3 rings (SSSR count). The highest BCUT2D eigenvalue weighted by Gasteiger charge is 2.25. The van der Waals surface area contributed by atoms with E-state index < -0.39 is 0 Å². The molecule has 0 N–H and O–H groups in total. The van der Waals surface area contributed by atoms with Crippen molar-refractivity contribution in [2.75, 3.05) is 40.5 Å². The van der Waals surface area contributed by atoms with Crippen LogP contribution >= 0.6 is 0 Å². The Morgan fingerprint density at radius 2 is 1.81 bits per heavy atom. The number of ether oxygens (including phenoxy) is 4. The first-order valence-electron chi connectivity index (χ1n) is 8.97. The third kappa shape index (κ3) is 5.14. The van der Waals surface area contributed by atoms with Crippen LogP contribution in [0.5, 0.6) is 17.2 Å². The van der Waals surface area contributed by atoms with E-state index in [1.54, 1.807) is 14.2 Å². The molecule has 1 saturated heterocycles. The van der Waals surface area contributed by atoms with Crippen LogP contribution in [0.1, 0.15) is 5.56 Å². The quantitative estimate of drug-likeness (QED) is 0.749. The highest BCUT2D eigenvalue weighted by Crippen LogP contribution is 2.26. The maximum absolute atomic E-state index is 12.6. The second-order valence-corrected chi connectivity index (χ2v) is 6.32. The van der Waals surface area contributed by atoms with Crippen molar-refractivity contribution in [3.63, 3.8) is 0 Å². The number of nitrogens with zero attached hydrogens (tertiary/aromatic N) is 1. The number of methoxy groups -OCH3 is 2. The fraction of sp³-hybridized carbons (Fsp3) is 0.381. The van der Waals surface area contributed by atoms with Crippen LogP contribution in [0.25, 0.3) is 0 Å². The number of para-hydroxylation sites is 2. The first kappa shape index (κ1) is 19.0. The van der Waals surface area contributed by atoms with Crippen LogP contribution < -0.4 is 14.2 Å². The highest BCUT2D eigenvalue weighted by atomic mass is 16.5. The molecule has 0 aromatic heterocycles. The van der Waals surface area contributed by atoms with Crippen LogP contribution in [0.4, 0.5) is 0 Å². The predicted octanol–water partition coefficient (Wildman–Crippen LogP) is 2.55. The number of hydrogen-bond donors (Lipinski definition) is 0. The van der Waals surface area contributed by atoms with Gasteiger partial charge in [-0.05, 0) is 29.8 Å². The summed E-state index contributed by atoms with van der Waals surface area (Å²) in [6.45, 7) is 1.99. The van der Waals surface area contributed by atoms with Gasteiger partial charge in [-0.25, -0.2) is 0 Å². The molecular formula is C21H25NO5. The number of rotatable bonds is 7. The van der Waals surface area contributed by atoms with Gasteiger partial charge in [-0.1, -0.05) is 24.3 Å². The Morgan fingerprint density at radius 1 is 1.07 bits per heavy atom. The zero-order valence-corrected chi connectivity index (χ0v) is 15.7. The minimum absolute atomic E-state index is 0.0887. The Hall–Kier alpha value is -2.73. The van der Waals surface area contributed by atoms with Gasteiger partial charge in [0.15, 0.2) is 11.5 Å². The van der Waals surface area contributed by atoms with Gasteiger partial charge in [0.2, 0.25) is 5.91 Å². The Bertz CT molecular complexity index is 746. The van der Waals surface area contributed by atoms with Crippen LogP contribution in [0.3, 0.4) is 0 Å². The number of hydrogen-bond acceptors (Lipinski definition) is 5. The van der Waals surface area contributed by atoms with Crippen molar-refractivity contribution in [1.82, 2.24) is 4.90 Å². The minimum Gasteiger partial charge on any atom is -0.497 e. The average molecular weight is 371 g/mol. The zero-order chi connectivity index (χ0) is 19.1. The Kier molecular flexibility index (Phi) is 6.54. The number of morpholine rings is 1. The smallest absolute Gasteiger partial charge is 0.227 e. The molecule has 6 heteroatoms. The van der Waals surface area contributed by atoms with E-state index in [0.29, 0.717) is 44.2 Å². The van der Waals surface area contributed by atoms with Crippen LogP contribution in [-0.4, -0.2) is 57.4 Å². The van der Waals surface area contributed by atoms with E-state index in [4.69, 9.17) is 18.9 Å². The minimum atomic E-state index is -0.163. The second-order valence-electron chi connectivity index (χ2n) is 6.32. The number of carbonyl (C=O) groups is 1. The molecule has 0 spiro atoms. The largest absolute Gasteiger partial charge is 0.497 e. The molecule has 0 bridgehead atoms. The van der Waals surface area contributed by atoms with Crippen molar-refractivity contribution in [2.45, 2.75) is 12.5 Å². The van der Waals surface area contributed by atoms with E-state index in [2.05, 4.69) is 0 Å². The molecule has 1 fully saturated rings. The molecule has 0 aliphatic carbocycles. The van der Waals surface area contributed by atoms with Crippen molar-refractivity contribution in [1.29, 1.82) is 0 Å². The molecule has 144 valence electrons. The molecule has 6 nitrogen and oxygen atoms in total. The lowest BCUT2D eigenvalue weighted by atomic mass is 10.1. The van der Waals surface area contributed by atoms with E-state index >= 15 is 0 Å². The lowest BCUT2D eigenvalue weighted by Gasteiger charge is -2.33. The maximum atomic E-state index is 12.6. The molecule has 1 aliphatic heterocycles. The summed E-state index contributed by atoms with van der Waals surface area (Å²) in [5, 5.41) is 0. The van der Waals surface area contributed by atoms with Crippen molar-refractivity contribution in [2.24, 2.45) is 0 Å². The summed E-state index contributed by atoms with van der Waals surface area (Å²) in [6.07, 6.45) is 0.202. The normalized spacial score (nSPS) is 16.7. The van der Waals surface area contributed by atoms with E-state index in [0.717, 1.165) is 11.3 Å². The van der Waals surface area contributed by atoms with Crippen LogP contribution in [-0.2, 0) is 16.0 Å². The third-order valence-corrected chi connectivity index (χ3v) is 4.50. The lowest BCUT2D eigenvalue weighted by molar-refractivity contribution is -0.139. The molecule has 27 heavy (non-hydrogen) atoms. The van der Waals surface area contributed by atoms with Crippen molar-refractivity contribution < 1.29 is 23.7 Å². The fourth-order valence-corrected chi connectivity index (χ4v) is 3.00. The van der Waals surface area contributed by atoms with Gasteiger partial charge >= 0.3 is 0 Å². The molecule has 0 saturated carbocycles. The SMILES string of the molecule is COc1ccc(CC(=O)N2CCOC(COc3ccccc3OC)C2)cc1. The molecule has 1 atom stereocenters.